The zero-order valence-corrected chi connectivity index (χ0v) is 19.3. The molecule has 170 valence electrons. The molecule has 1 atom stereocenters. The van der Waals surface area contributed by atoms with Crippen LogP contribution < -0.4 is 15.5 Å². The lowest BCUT2D eigenvalue weighted by Gasteiger charge is -2.20. The molecule has 2 heterocycles. The highest BCUT2D eigenvalue weighted by Crippen LogP contribution is 2.23. The second-order valence-electron chi connectivity index (χ2n) is 8.58. The lowest BCUT2D eigenvalue weighted by molar-refractivity contribution is 0.539. The summed E-state index contributed by atoms with van der Waals surface area (Å²) in [4.78, 5) is 11.9. The van der Waals surface area contributed by atoms with E-state index < -0.39 is 0 Å². The van der Waals surface area contributed by atoms with Crippen molar-refractivity contribution in [2.24, 2.45) is 0 Å². The number of benzene rings is 2. The standard InChI is InChI=1S/C27H32N6/c1-2-8-23-18-26(32-27(30-23)31-24-13-6-11-22(17-24)19-28)33-16-14-25(20-33)29-15-7-12-21-9-4-3-5-10-21/h3-6,9-11,13,17-18,25,29H,2,7-8,12,14-16,20H2,1H3,(H,30,31,32)/t25-/m0/s1. The first-order valence-electron chi connectivity index (χ1n) is 11.9. The second kappa shape index (κ2) is 11.4. The highest BCUT2D eigenvalue weighted by Gasteiger charge is 2.24. The fourth-order valence-electron chi connectivity index (χ4n) is 4.26. The van der Waals surface area contributed by atoms with E-state index in [9.17, 15) is 0 Å². The van der Waals surface area contributed by atoms with Crippen LogP contribution in [0.4, 0.5) is 17.5 Å². The van der Waals surface area contributed by atoms with Gasteiger partial charge in [0.2, 0.25) is 5.95 Å². The van der Waals surface area contributed by atoms with Crippen LogP contribution in [0.2, 0.25) is 0 Å². The SMILES string of the molecule is CCCc1cc(N2CC[C@H](NCCCc3ccccc3)C2)nc(Nc2cccc(C#N)c2)n1. The minimum absolute atomic E-state index is 0.481. The molecule has 1 aliphatic rings. The smallest absolute Gasteiger partial charge is 0.229 e. The van der Waals surface area contributed by atoms with Crippen molar-refractivity contribution in [1.29, 1.82) is 5.26 Å². The number of anilines is 3. The fraction of sp³-hybridized carbons (Fsp3) is 0.370. The maximum absolute atomic E-state index is 9.17. The van der Waals surface area contributed by atoms with Crippen molar-refractivity contribution in [3.8, 4) is 6.07 Å². The molecular weight excluding hydrogens is 408 g/mol. The zero-order chi connectivity index (χ0) is 22.9. The van der Waals surface area contributed by atoms with Crippen LogP contribution in [0.3, 0.4) is 0 Å². The summed E-state index contributed by atoms with van der Waals surface area (Å²) in [5, 5.41) is 16.2. The normalized spacial score (nSPS) is 15.4. The second-order valence-corrected chi connectivity index (χ2v) is 8.58. The van der Waals surface area contributed by atoms with Crippen molar-refractivity contribution in [3.63, 3.8) is 0 Å². The van der Waals surface area contributed by atoms with Crippen molar-refractivity contribution in [2.45, 2.75) is 45.1 Å². The quantitative estimate of drug-likeness (QED) is 0.439. The van der Waals surface area contributed by atoms with Crippen molar-refractivity contribution in [1.82, 2.24) is 15.3 Å². The monoisotopic (exact) mass is 440 g/mol. The topological polar surface area (TPSA) is 76.9 Å². The van der Waals surface area contributed by atoms with Gasteiger partial charge < -0.3 is 15.5 Å². The molecule has 1 fully saturated rings. The van der Waals surface area contributed by atoms with Gasteiger partial charge in [0.05, 0.1) is 11.6 Å². The molecule has 0 amide bonds. The third-order valence-corrected chi connectivity index (χ3v) is 5.95. The molecule has 2 aromatic carbocycles. The molecular formula is C27H32N6. The van der Waals surface area contributed by atoms with Gasteiger partial charge in [-0.05, 0) is 56.0 Å². The zero-order valence-electron chi connectivity index (χ0n) is 19.3. The van der Waals surface area contributed by atoms with Crippen LogP contribution in [0.1, 0.15) is 43.0 Å². The Labute approximate surface area is 196 Å². The third kappa shape index (κ3) is 6.53. The number of nitrogens with zero attached hydrogens (tertiary/aromatic N) is 4. The highest BCUT2D eigenvalue weighted by molar-refractivity contribution is 5.58. The van der Waals surface area contributed by atoms with Gasteiger partial charge in [0.25, 0.3) is 0 Å². The van der Waals surface area contributed by atoms with Gasteiger partial charge in [-0.2, -0.15) is 10.2 Å². The summed E-state index contributed by atoms with van der Waals surface area (Å²) in [7, 11) is 0. The third-order valence-electron chi connectivity index (χ3n) is 5.95. The van der Waals surface area contributed by atoms with E-state index in [0.717, 1.165) is 68.9 Å². The van der Waals surface area contributed by atoms with Crippen molar-refractivity contribution >= 4 is 17.5 Å². The van der Waals surface area contributed by atoms with E-state index in [1.165, 1.54) is 5.56 Å². The number of hydrogen-bond acceptors (Lipinski definition) is 6. The van der Waals surface area contributed by atoms with E-state index >= 15 is 0 Å². The van der Waals surface area contributed by atoms with Crippen LogP contribution in [0.25, 0.3) is 0 Å². The molecule has 33 heavy (non-hydrogen) atoms. The minimum atomic E-state index is 0.481. The Morgan fingerprint density at radius 2 is 1.94 bits per heavy atom. The first-order valence-corrected chi connectivity index (χ1v) is 11.9. The molecule has 1 saturated heterocycles. The van der Waals surface area contributed by atoms with E-state index in [-0.39, 0.29) is 0 Å². The molecule has 3 aromatic rings. The lowest BCUT2D eigenvalue weighted by Crippen LogP contribution is -2.33. The molecule has 0 radical (unpaired) electrons. The lowest BCUT2D eigenvalue weighted by atomic mass is 10.1. The molecule has 1 aliphatic heterocycles. The Morgan fingerprint density at radius 1 is 1.06 bits per heavy atom. The first-order chi connectivity index (χ1) is 16.2. The van der Waals surface area contributed by atoms with E-state index in [0.29, 0.717) is 17.6 Å². The molecule has 0 bridgehead atoms. The molecule has 6 nitrogen and oxygen atoms in total. The van der Waals surface area contributed by atoms with Gasteiger partial charge in [0.1, 0.15) is 5.82 Å². The molecule has 0 saturated carbocycles. The molecule has 0 unspecified atom stereocenters. The predicted octanol–water partition coefficient (Wildman–Crippen LogP) is 4.85. The summed E-state index contributed by atoms with van der Waals surface area (Å²) < 4.78 is 0. The predicted molar refractivity (Wildman–Crippen MR) is 134 cm³/mol. The summed E-state index contributed by atoms with van der Waals surface area (Å²) in [5.41, 5.74) is 3.89. The molecule has 0 aliphatic carbocycles. The van der Waals surface area contributed by atoms with Crippen LogP contribution in [-0.2, 0) is 12.8 Å². The summed E-state index contributed by atoms with van der Waals surface area (Å²) >= 11 is 0. The largest absolute Gasteiger partial charge is 0.355 e. The van der Waals surface area contributed by atoms with Crippen LogP contribution in [0.5, 0.6) is 0 Å². The number of hydrogen-bond donors (Lipinski definition) is 2. The van der Waals surface area contributed by atoms with Gasteiger partial charge in [-0.1, -0.05) is 49.7 Å². The summed E-state index contributed by atoms with van der Waals surface area (Å²) in [6.07, 6.45) is 5.32. The van der Waals surface area contributed by atoms with Crippen molar-refractivity contribution < 1.29 is 0 Å². The summed E-state index contributed by atoms with van der Waals surface area (Å²) in [6.45, 7) is 5.14. The number of rotatable bonds is 10. The van der Waals surface area contributed by atoms with E-state index in [4.69, 9.17) is 15.2 Å². The number of nitrogens with one attached hydrogen (secondary N) is 2. The van der Waals surface area contributed by atoms with E-state index in [2.05, 4.69) is 64.9 Å². The Bertz CT molecular complexity index is 1080. The fourth-order valence-corrected chi connectivity index (χ4v) is 4.26. The van der Waals surface area contributed by atoms with Gasteiger partial charge in [0, 0.05) is 36.6 Å². The first kappa shape index (κ1) is 22.8. The average molecular weight is 441 g/mol. The van der Waals surface area contributed by atoms with Gasteiger partial charge in [-0.3, -0.25) is 0 Å². The Kier molecular flexibility index (Phi) is 7.89. The number of nitriles is 1. The molecule has 4 rings (SSSR count). The Hall–Kier alpha value is -3.43. The van der Waals surface area contributed by atoms with E-state index in [1.807, 2.05) is 18.2 Å². The van der Waals surface area contributed by atoms with Crippen LogP contribution >= 0.6 is 0 Å². The van der Waals surface area contributed by atoms with Gasteiger partial charge in [-0.15, -0.1) is 0 Å². The van der Waals surface area contributed by atoms with Crippen LogP contribution in [-0.4, -0.2) is 35.6 Å². The molecule has 2 N–H and O–H groups in total. The summed E-state index contributed by atoms with van der Waals surface area (Å²) in [6, 6.07) is 22.9. The van der Waals surface area contributed by atoms with Crippen LogP contribution in [0, 0.1) is 11.3 Å². The van der Waals surface area contributed by atoms with Gasteiger partial charge in [-0.25, -0.2) is 4.98 Å². The molecule has 0 spiro atoms. The average Bonchev–Trinajstić information content (AvgIpc) is 3.32. The minimum Gasteiger partial charge on any atom is -0.355 e. The number of aromatic nitrogens is 2. The van der Waals surface area contributed by atoms with Crippen LogP contribution in [0.15, 0.2) is 60.7 Å². The highest BCUT2D eigenvalue weighted by atomic mass is 15.3. The maximum atomic E-state index is 9.17. The number of aryl methyl sites for hydroxylation is 2. The van der Waals surface area contributed by atoms with Gasteiger partial charge in [0.15, 0.2) is 0 Å². The van der Waals surface area contributed by atoms with Crippen molar-refractivity contribution in [2.75, 3.05) is 29.9 Å². The summed E-state index contributed by atoms with van der Waals surface area (Å²) in [5.74, 6) is 1.56. The van der Waals surface area contributed by atoms with Crippen molar-refractivity contribution in [3.05, 3.63) is 77.5 Å². The molecule has 6 heteroatoms. The van der Waals surface area contributed by atoms with E-state index in [1.54, 1.807) is 6.07 Å². The maximum Gasteiger partial charge on any atom is 0.229 e. The Balaban J connectivity index is 1.36. The molecule has 1 aromatic heterocycles. The van der Waals surface area contributed by atoms with Gasteiger partial charge >= 0.3 is 0 Å². The Morgan fingerprint density at radius 3 is 2.76 bits per heavy atom.